The zero-order valence-electron chi connectivity index (χ0n) is 14.0. The van der Waals surface area contributed by atoms with Gasteiger partial charge in [-0.2, -0.15) is 0 Å². The van der Waals surface area contributed by atoms with Gasteiger partial charge in [-0.3, -0.25) is 4.79 Å². The largest absolute Gasteiger partial charge is 0.392 e. The lowest BCUT2D eigenvalue weighted by Gasteiger charge is -2.39. The highest BCUT2D eigenvalue weighted by molar-refractivity contribution is 5.75. The predicted molar refractivity (Wildman–Crippen MR) is 91.4 cm³/mol. The molecule has 0 radical (unpaired) electrons. The van der Waals surface area contributed by atoms with Crippen LogP contribution in [0.3, 0.4) is 0 Å². The molecular formula is C20H28O2. The normalized spacial score (nSPS) is 35.0. The zero-order valence-corrected chi connectivity index (χ0v) is 14.0. The van der Waals surface area contributed by atoms with E-state index < -0.39 is 6.10 Å². The van der Waals surface area contributed by atoms with Crippen molar-refractivity contribution in [1.82, 2.24) is 0 Å². The Hall–Kier alpha value is -1.41. The predicted octanol–water partition coefficient (Wildman–Crippen LogP) is 4.38. The molecule has 0 aromatic carbocycles. The Bertz CT molecular complexity index is 532. The summed E-state index contributed by atoms with van der Waals surface area (Å²) < 4.78 is 0. The van der Waals surface area contributed by atoms with Gasteiger partial charge in [-0.05, 0) is 57.9 Å². The van der Waals surface area contributed by atoms with E-state index in [9.17, 15) is 9.90 Å². The Morgan fingerprint density at radius 3 is 2.73 bits per heavy atom. The average molecular weight is 300 g/mol. The second-order valence-electron chi connectivity index (χ2n) is 7.01. The topological polar surface area (TPSA) is 37.3 Å². The first-order valence-corrected chi connectivity index (χ1v) is 8.27. The number of aldehydes is 1. The summed E-state index contributed by atoms with van der Waals surface area (Å²) in [7, 11) is 0. The fourth-order valence-corrected chi connectivity index (χ4v) is 3.82. The summed E-state index contributed by atoms with van der Waals surface area (Å²) in [4.78, 5) is 11.6. The maximum absolute atomic E-state index is 11.6. The van der Waals surface area contributed by atoms with Crippen LogP contribution in [0.25, 0.3) is 0 Å². The average Bonchev–Trinajstić information content (AvgIpc) is 2.52. The number of aliphatic hydroxyl groups excluding tert-OH is 1. The third-order valence-corrected chi connectivity index (χ3v) is 4.95. The number of hydrogen-bond acceptors (Lipinski definition) is 2. The molecule has 120 valence electrons. The van der Waals surface area contributed by atoms with Crippen LogP contribution in [0.1, 0.15) is 46.5 Å². The van der Waals surface area contributed by atoms with Crippen molar-refractivity contribution in [3.8, 4) is 0 Å². The molecule has 0 aromatic heterocycles. The highest BCUT2D eigenvalue weighted by atomic mass is 16.3. The van der Waals surface area contributed by atoms with Crippen LogP contribution in [0, 0.1) is 17.8 Å². The van der Waals surface area contributed by atoms with Gasteiger partial charge in [-0.15, -0.1) is 0 Å². The van der Waals surface area contributed by atoms with E-state index in [1.165, 1.54) is 5.57 Å². The Labute approximate surface area is 134 Å². The van der Waals surface area contributed by atoms with E-state index in [4.69, 9.17) is 0 Å². The molecule has 0 amide bonds. The fourth-order valence-electron chi connectivity index (χ4n) is 3.82. The maximum Gasteiger partial charge on any atom is 0.146 e. The minimum absolute atomic E-state index is 0.00917. The number of allylic oxidation sites excluding steroid dienone is 4. The molecule has 0 bridgehead atoms. The van der Waals surface area contributed by atoms with Crippen LogP contribution < -0.4 is 0 Å². The van der Waals surface area contributed by atoms with Crippen LogP contribution >= 0.6 is 0 Å². The van der Waals surface area contributed by atoms with E-state index in [-0.39, 0.29) is 17.8 Å². The van der Waals surface area contributed by atoms with Crippen molar-refractivity contribution < 1.29 is 9.90 Å². The molecule has 4 atom stereocenters. The van der Waals surface area contributed by atoms with Crippen molar-refractivity contribution in [3.05, 3.63) is 47.1 Å². The maximum atomic E-state index is 11.6. The van der Waals surface area contributed by atoms with Crippen molar-refractivity contribution in [2.45, 2.75) is 52.6 Å². The number of carbonyl (C=O) groups is 1. The van der Waals surface area contributed by atoms with E-state index in [1.807, 2.05) is 19.9 Å². The lowest BCUT2D eigenvalue weighted by atomic mass is 9.67. The Morgan fingerprint density at radius 1 is 1.36 bits per heavy atom. The molecule has 0 aromatic rings. The van der Waals surface area contributed by atoms with Crippen molar-refractivity contribution in [1.29, 1.82) is 0 Å². The number of rotatable bonds is 2. The van der Waals surface area contributed by atoms with E-state index in [0.717, 1.165) is 48.7 Å². The van der Waals surface area contributed by atoms with Gasteiger partial charge in [0.15, 0.2) is 0 Å². The van der Waals surface area contributed by atoms with Gasteiger partial charge in [0, 0.05) is 11.8 Å². The summed E-state index contributed by atoms with van der Waals surface area (Å²) in [6.45, 7) is 10.5. The van der Waals surface area contributed by atoms with Gasteiger partial charge < -0.3 is 5.11 Å². The molecule has 0 aliphatic heterocycles. The molecule has 1 N–H and O–H groups in total. The van der Waals surface area contributed by atoms with Crippen molar-refractivity contribution in [3.63, 3.8) is 0 Å². The summed E-state index contributed by atoms with van der Waals surface area (Å²) >= 11 is 0. The monoisotopic (exact) mass is 300 g/mol. The van der Waals surface area contributed by atoms with E-state index in [2.05, 4.69) is 25.7 Å². The summed E-state index contributed by atoms with van der Waals surface area (Å²) in [6, 6.07) is 0. The lowest BCUT2D eigenvalue weighted by Crippen LogP contribution is -2.39. The zero-order chi connectivity index (χ0) is 16.3. The molecule has 2 aliphatic carbocycles. The fraction of sp³-hybridized carbons (Fsp3) is 0.550. The smallest absolute Gasteiger partial charge is 0.146 e. The highest BCUT2D eigenvalue weighted by Gasteiger charge is 2.39. The molecule has 4 unspecified atom stereocenters. The third kappa shape index (κ3) is 3.67. The molecule has 0 fully saturated rings. The molecule has 2 heteroatoms. The lowest BCUT2D eigenvalue weighted by molar-refractivity contribution is -0.106. The Kier molecular flexibility index (Phi) is 5.57. The van der Waals surface area contributed by atoms with Gasteiger partial charge in [0.25, 0.3) is 0 Å². The van der Waals surface area contributed by atoms with Crippen LogP contribution in [-0.4, -0.2) is 17.5 Å². The SMILES string of the molecule is C=C1CC/C=C(/C)CCC2C(C=O)=CC(C=C(C)C)C(O)C12. The highest BCUT2D eigenvalue weighted by Crippen LogP contribution is 2.42. The van der Waals surface area contributed by atoms with Gasteiger partial charge in [-0.25, -0.2) is 0 Å². The molecular weight excluding hydrogens is 272 g/mol. The second-order valence-corrected chi connectivity index (χ2v) is 7.01. The van der Waals surface area contributed by atoms with E-state index in [0.29, 0.717) is 0 Å². The third-order valence-electron chi connectivity index (χ3n) is 4.95. The van der Waals surface area contributed by atoms with Gasteiger partial charge in [0.05, 0.1) is 6.10 Å². The number of hydrogen-bond donors (Lipinski definition) is 1. The first-order valence-electron chi connectivity index (χ1n) is 8.27. The van der Waals surface area contributed by atoms with Crippen LogP contribution in [0.5, 0.6) is 0 Å². The van der Waals surface area contributed by atoms with E-state index >= 15 is 0 Å². The Morgan fingerprint density at radius 2 is 2.09 bits per heavy atom. The summed E-state index contributed by atoms with van der Waals surface area (Å²) in [5.74, 6) is 0.00590. The van der Waals surface area contributed by atoms with Crippen molar-refractivity contribution >= 4 is 6.29 Å². The molecule has 2 aliphatic rings. The number of carbonyl (C=O) groups excluding carboxylic acids is 1. The quantitative estimate of drug-likeness (QED) is 0.607. The van der Waals surface area contributed by atoms with Gasteiger partial charge in [0.1, 0.15) is 6.29 Å². The number of aliphatic hydroxyl groups is 1. The van der Waals surface area contributed by atoms with Gasteiger partial charge >= 0.3 is 0 Å². The van der Waals surface area contributed by atoms with Crippen LogP contribution in [0.4, 0.5) is 0 Å². The standard InChI is InChI=1S/C20H28O2/c1-13(2)10-16-11-17(12-21)18-9-8-14(3)6-5-7-15(4)19(18)20(16)22/h6,10-12,16,18-20,22H,4-5,7-9H2,1-3H3/b14-6-. The van der Waals surface area contributed by atoms with Crippen molar-refractivity contribution in [2.75, 3.05) is 0 Å². The van der Waals surface area contributed by atoms with Gasteiger partial charge in [0.2, 0.25) is 0 Å². The minimum Gasteiger partial charge on any atom is -0.392 e. The van der Waals surface area contributed by atoms with Crippen molar-refractivity contribution in [2.24, 2.45) is 17.8 Å². The molecule has 2 nitrogen and oxygen atoms in total. The first kappa shape index (κ1) is 17.0. The molecule has 22 heavy (non-hydrogen) atoms. The molecule has 0 heterocycles. The second kappa shape index (κ2) is 7.23. The molecule has 2 rings (SSSR count). The minimum atomic E-state index is -0.477. The van der Waals surface area contributed by atoms with Crippen LogP contribution in [0.2, 0.25) is 0 Å². The number of fused-ring (bicyclic) bond motifs is 1. The summed E-state index contributed by atoms with van der Waals surface area (Å²) in [5.41, 5.74) is 4.46. The van der Waals surface area contributed by atoms with E-state index in [1.54, 1.807) is 0 Å². The molecule has 0 spiro atoms. The molecule has 0 saturated carbocycles. The van der Waals surface area contributed by atoms with Crippen LogP contribution in [-0.2, 0) is 4.79 Å². The summed E-state index contributed by atoms with van der Waals surface area (Å²) in [6.07, 6.45) is 10.6. The molecule has 0 saturated heterocycles. The van der Waals surface area contributed by atoms with Gasteiger partial charge in [-0.1, -0.05) is 41.5 Å². The summed E-state index contributed by atoms with van der Waals surface area (Å²) in [5, 5.41) is 10.9. The van der Waals surface area contributed by atoms with Crippen LogP contribution in [0.15, 0.2) is 47.1 Å². The first-order chi connectivity index (χ1) is 10.4. The Balaban J connectivity index is 2.41.